The largest absolute Gasteiger partial charge is 0.460 e. The maximum absolute atomic E-state index is 13.6. The topological polar surface area (TPSA) is 81.7 Å². The van der Waals surface area contributed by atoms with Gasteiger partial charge in [0.15, 0.2) is 0 Å². The van der Waals surface area contributed by atoms with Crippen LogP contribution in [0.25, 0.3) is 11.1 Å². The fraction of sp³-hybridized carbons (Fsp3) is 0.417. The second-order valence-corrected chi connectivity index (χ2v) is 12.7. The zero-order valence-corrected chi connectivity index (χ0v) is 25.8. The van der Waals surface area contributed by atoms with Crippen molar-refractivity contribution in [1.29, 1.82) is 0 Å². The van der Waals surface area contributed by atoms with Crippen molar-refractivity contribution < 1.29 is 23.9 Å². The number of benzene rings is 3. The van der Waals surface area contributed by atoms with E-state index in [0.29, 0.717) is 19.3 Å². The molecule has 2 atom stereocenters. The van der Waals surface area contributed by atoms with Crippen molar-refractivity contribution in [2.75, 3.05) is 6.54 Å². The monoisotopic (exact) mass is 571 g/mol. The zero-order valence-electron chi connectivity index (χ0n) is 25.8. The van der Waals surface area contributed by atoms with Gasteiger partial charge in [-0.25, -0.2) is 0 Å². The van der Waals surface area contributed by atoms with E-state index in [1.54, 1.807) is 0 Å². The molecule has 0 heterocycles. The number of esters is 2. The average Bonchev–Trinajstić information content (AvgIpc) is 2.91. The molecule has 0 aromatic heterocycles. The number of amides is 1. The van der Waals surface area contributed by atoms with Crippen molar-refractivity contribution in [2.24, 2.45) is 11.8 Å². The van der Waals surface area contributed by atoms with Crippen LogP contribution in [0.1, 0.15) is 65.5 Å². The van der Waals surface area contributed by atoms with Crippen molar-refractivity contribution in [3.05, 3.63) is 96.1 Å². The highest BCUT2D eigenvalue weighted by atomic mass is 16.6. The normalized spacial score (nSPS) is 13.1. The van der Waals surface area contributed by atoms with E-state index in [0.717, 1.165) is 22.3 Å². The van der Waals surface area contributed by atoms with Crippen LogP contribution in [0.5, 0.6) is 0 Å². The molecule has 224 valence electrons. The van der Waals surface area contributed by atoms with Crippen molar-refractivity contribution in [1.82, 2.24) is 5.32 Å². The molecule has 3 aromatic rings. The first kappa shape index (κ1) is 32.6. The lowest BCUT2D eigenvalue weighted by atomic mass is 9.85. The van der Waals surface area contributed by atoms with E-state index in [2.05, 4.69) is 29.6 Å². The summed E-state index contributed by atoms with van der Waals surface area (Å²) in [4.78, 5) is 39.2. The van der Waals surface area contributed by atoms with Gasteiger partial charge in [-0.15, -0.1) is 0 Å². The Kier molecular flexibility index (Phi) is 11.5. The van der Waals surface area contributed by atoms with E-state index in [4.69, 9.17) is 9.47 Å². The third kappa shape index (κ3) is 11.5. The fourth-order valence-corrected chi connectivity index (χ4v) is 4.75. The molecule has 0 spiro atoms. The number of nitrogens with one attached hydrogen (secondary N) is 1. The van der Waals surface area contributed by atoms with Crippen molar-refractivity contribution in [3.63, 3.8) is 0 Å². The highest BCUT2D eigenvalue weighted by Crippen LogP contribution is 2.26. The molecule has 6 heteroatoms. The molecule has 0 unspecified atom stereocenters. The highest BCUT2D eigenvalue weighted by molar-refractivity contribution is 5.81. The summed E-state index contributed by atoms with van der Waals surface area (Å²) in [5.74, 6) is -1.92. The Hall–Kier alpha value is -3.93. The minimum atomic E-state index is -0.648. The summed E-state index contributed by atoms with van der Waals surface area (Å²) in [5, 5.41) is 2.92. The molecule has 0 fully saturated rings. The summed E-state index contributed by atoms with van der Waals surface area (Å²) < 4.78 is 11.2. The quantitative estimate of drug-likeness (QED) is 0.238. The van der Waals surface area contributed by atoms with Crippen LogP contribution in [-0.4, -0.2) is 35.6 Å². The third-order valence-electron chi connectivity index (χ3n) is 6.60. The molecule has 0 bridgehead atoms. The Bertz CT molecular complexity index is 1290. The van der Waals surface area contributed by atoms with Gasteiger partial charge in [-0.1, -0.05) is 84.9 Å². The molecule has 0 aliphatic rings. The van der Waals surface area contributed by atoms with Crippen LogP contribution >= 0.6 is 0 Å². The summed E-state index contributed by atoms with van der Waals surface area (Å²) >= 11 is 0. The lowest BCUT2D eigenvalue weighted by molar-refractivity contribution is -0.160. The van der Waals surface area contributed by atoms with E-state index in [-0.39, 0.29) is 30.8 Å². The molecule has 0 radical (unpaired) electrons. The number of carbonyl (C=O) groups excluding carboxylic acids is 3. The van der Waals surface area contributed by atoms with Crippen molar-refractivity contribution in [3.8, 4) is 11.1 Å². The van der Waals surface area contributed by atoms with Crippen LogP contribution in [0, 0.1) is 11.8 Å². The molecular weight excluding hydrogens is 526 g/mol. The molecule has 6 nitrogen and oxygen atoms in total. The minimum absolute atomic E-state index is 0.0704. The van der Waals surface area contributed by atoms with Gasteiger partial charge in [0.1, 0.15) is 11.2 Å². The Morgan fingerprint density at radius 2 is 1.14 bits per heavy atom. The SMILES string of the molecule is CC(C)(C)OC(=O)CCNC(=O)[C@H](Cc1ccc(-c2ccccc2)cc1)C[C@@H](Cc1ccccc1)C(=O)OC(C)(C)C. The van der Waals surface area contributed by atoms with Crippen LogP contribution in [0.3, 0.4) is 0 Å². The zero-order chi connectivity index (χ0) is 30.8. The van der Waals surface area contributed by atoms with Gasteiger partial charge < -0.3 is 14.8 Å². The van der Waals surface area contributed by atoms with Crippen LogP contribution in [0.4, 0.5) is 0 Å². The number of hydrogen-bond acceptors (Lipinski definition) is 5. The minimum Gasteiger partial charge on any atom is -0.460 e. The third-order valence-corrected chi connectivity index (χ3v) is 6.60. The van der Waals surface area contributed by atoms with Gasteiger partial charge in [-0.2, -0.15) is 0 Å². The molecular formula is C36H45NO5. The van der Waals surface area contributed by atoms with Crippen molar-refractivity contribution >= 4 is 17.8 Å². The van der Waals surface area contributed by atoms with E-state index in [1.807, 2.05) is 102 Å². The molecule has 0 aliphatic heterocycles. The summed E-state index contributed by atoms with van der Waals surface area (Å²) in [6, 6.07) is 28.1. The van der Waals surface area contributed by atoms with E-state index < -0.39 is 23.0 Å². The predicted molar refractivity (Wildman–Crippen MR) is 167 cm³/mol. The first-order chi connectivity index (χ1) is 19.8. The Labute approximate surface area is 250 Å². The summed E-state index contributed by atoms with van der Waals surface area (Å²) in [6.45, 7) is 11.1. The second-order valence-electron chi connectivity index (χ2n) is 12.7. The lowest BCUT2D eigenvalue weighted by Crippen LogP contribution is -2.38. The van der Waals surface area contributed by atoms with Gasteiger partial charge in [-0.05, 0) is 83.1 Å². The number of hydrogen-bond donors (Lipinski definition) is 1. The van der Waals surface area contributed by atoms with Gasteiger partial charge in [0, 0.05) is 12.5 Å². The molecule has 0 saturated carbocycles. The van der Waals surface area contributed by atoms with Crippen LogP contribution < -0.4 is 5.32 Å². The maximum atomic E-state index is 13.6. The molecule has 3 aromatic carbocycles. The molecule has 42 heavy (non-hydrogen) atoms. The molecule has 0 aliphatic carbocycles. The Morgan fingerprint density at radius 3 is 1.71 bits per heavy atom. The van der Waals surface area contributed by atoms with Gasteiger partial charge in [0.25, 0.3) is 0 Å². The average molecular weight is 572 g/mol. The molecule has 1 N–H and O–H groups in total. The number of carbonyl (C=O) groups is 3. The van der Waals surface area contributed by atoms with Gasteiger partial charge in [0.2, 0.25) is 5.91 Å². The second kappa shape index (κ2) is 14.8. The summed E-state index contributed by atoms with van der Waals surface area (Å²) in [6.07, 6.45) is 1.29. The summed E-state index contributed by atoms with van der Waals surface area (Å²) in [7, 11) is 0. The van der Waals surface area contributed by atoms with Crippen LogP contribution in [0.2, 0.25) is 0 Å². The summed E-state index contributed by atoms with van der Waals surface area (Å²) in [5.41, 5.74) is 2.97. The van der Waals surface area contributed by atoms with Crippen LogP contribution in [0.15, 0.2) is 84.9 Å². The molecule has 3 rings (SSSR count). The first-order valence-corrected chi connectivity index (χ1v) is 14.7. The van der Waals surface area contributed by atoms with E-state index >= 15 is 0 Å². The van der Waals surface area contributed by atoms with Gasteiger partial charge in [-0.3, -0.25) is 14.4 Å². The molecule has 0 saturated heterocycles. The Morgan fingerprint density at radius 1 is 0.643 bits per heavy atom. The predicted octanol–water partition coefficient (Wildman–Crippen LogP) is 6.95. The number of rotatable bonds is 12. The maximum Gasteiger partial charge on any atom is 0.309 e. The standard InChI is InChI=1S/C36H45NO5/c1-35(2,3)41-32(38)21-22-37-33(39)30(23-27-17-19-29(20-18-27)28-15-11-8-12-16-28)25-31(34(40)42-36(4,5)6)24-26-13-9-7-10-14-26/h7-20,30-31H,21-25H2,1-6H3,(H,37,39)/t30-,31-/m1/s1. The smallest absolute Gasteiger partial charge is 0.309 e. The highest BCUT2D eigenvalue weighted by Gasteiger charge is 2.31. The lowest BCUT2D eigenvalue weighted by Gasteiger charge is -2.27. The Balaban J connectivity index is 1.81. The number of ether oxygens (including phenoxy) is 2. The fourth-order valence-electron chi connectivity index (χ4n) is 4.75. The molecule has 1 amide bonds. The van der Waals surface area contributed by atoms with Gasteiger partial charge in [0.05, 0.1) is 12.3 Å². The van der Waals surface area contributed by atoms with Crippen LogP contribution in [-0.2, 0) is 36.7 Å². The van der Waals surface area contributed by atoms with E-state index in [9.17, 15) is 14.4 Å². The van der Waals surface area contributed by atoms with Gasteiger partial charge >= 0.3 is 11.9 Å². The first-order valence-electron chi connectivity index (χ1n) is 14.7. The van der Waals surface area contributed by atoms with Crippen molar-refractivity contribution in [2.45, 2.75) is 78.4 Å². The van der Waals surface area contributed by atoms with E-state index in [1.165, 1.54) is 0 Å².